The smallest absolute Gasteiger partial charge is 0.171 e. The molecule has 0 aromatic heterocycles. The molecule has 1 nitrogen and oxygen atoms in total. The number of carbonyl (C=O) groups is 1. The van der Waals surface area contributed by atoms with Crippen LogP contribution < -0.4 is 0 Å². The highest BCUT2D eigenvalue weighted by atomic mass is 16.1. The fourth-order valence-electron chi connectivity index (χ4n) is 1.000. The Kier molecular flexibility index (Phi) is 2.92. The molecular formula is C10H12O. The van der Waals surface area contributed by atoms with Gasteiger partial charge in [-0.3, -0.25) is 4.79 Å². The van der Waals surface area contributed by atoms with Crippen LogP contribution in [0, 0.1) is 11.8 Å². The summed E-state index contributed by atoms with van der Waals surface area (Å²) in [5.74, 6) is 6.08. The number of unbranched alkanes of at least 4 members (excludes halogenated alkanes) is 1. The van der Waals surface area contributed by atoms with E-state index in [2.05, 4.69) is 18.8 Å². The summed E-state index contributed by atoms with van der Waals surface area (Å²) < 4.78 is 0. The van der Waals surface area contributed by atoms with E-state index < -0.39 is 0 Å². The number of carbonyl (C=O) groups excluding carboxylic acids is 1. The Morgan fingerprint density at radius 3 is 3.00 bits per heavy atom. The lowest BCUT2D eigenvalue weighted by Gasteiger charge is -1.84. The summed E-state index contributed by atoms with van der Waals surface area (Å²) in [4.78, 5) is 11.0. The predicted molar refractivity (Wildman–Crippen MR) is 45.0 cm³/mol. The molecule has 0 aromatic rings. The van der Waals surface area contributed by atoms with Crippen molar-refractivity contribution < 1.29 is 4.79 Å². The molecule has 0 radical (unpaired) electrons. The fraction of sp³-hybridized carbons (Fsp3) is 0.500. The summed E-state index contributed by atoms with van der Waals surface area (Å²) in [5.41, 5.74) is 0.735. The van der Waals surface area contributed by atoms with Crippen molar-refractivity contribution in [2.75, 3.05) is 0 Å². The topological polar surface area (TPSA) is 17.1 Å². The molecule has 1 aliphatic carbocycles. The largest absolute Gasteiger partial charge is 0.293 e. The molecule has 0 spiro atoms. The van der Waals surface area contributed by atoms with E-state index >= 15 is 0 Å². The molecule has 11 heavy (non-hydrogen) atoms. The molecule has 0 aromatic carbocycles. The van der Waals surface area contributed by atoms with Gasteiger partial charge < -0.3 is 0 Å². The third kappa shape index (κ3) is 2.23. The van der Waals surface area contributed by atoms with Crippen LogP contribution >= 0.6 is 0 Å². The molecule has 0 bridgehead atoms. The van der Waals surface area contributed by atoms with Crippen molar-refractivity contribution in [2.24, 2.45) is 0 Å². The Balaban J connectivity index is 2.50. The maximum Gasteiger partial charge on any atom is 0.171 e. The highest BCUT2D eigenvalue weighted by molar-refractivity contribution is 6.01. The molecule has 1 rings (SSSR count). The molecule has 0 amide bonds. The normalized spacial score (nSPS) is 15.7. The van der Waals surface area contributed by atoms with Gasteiger partial charge in [0.1, 0.15) is 0 Å². The van der Waals surface area contributed by atoms with E-state index in [0.717, 1.165) is 24.8 Å². The van der Waals surface area contributed by atoms with Gasteiger partial charge in [0.2, 0.25) is 0 Å². The molecular weight excluding hydrogens is 136 g/mol. The molecule has 0 saturated heterocycles. The van der Waals surface area contributed by atoms with E-state index in [1.165, 1.54) is 0 Å². The fourth-order valence-corrected chi connectivity index (χ4v) is 1.000. The molecule has 0 fully saturated rings. The molecule has 1 aliphatic rings. The van der Waals surface area contributed by atoms with Crippen molar-refractivity contribution in [2.45, 2.75) is 32.6 Å². The Morgan fingerprint density at radius 2 is 2.45 bits per heavy atom. The van der Waals surface area contributed by atoms with Crippen LogP contribution in [-0.2, 0) is 4.79 Å². The standard InChI is InChI=1S/C10H12O/c1-2-3-4-6-9-7-5-8-10(9)11/h7H,2-3,5,8H2,1H3. The second kappa shape index (κ2) is 3.98. The first-order valence-corrected chi connectivity index (χ1v) is 4.07. The van der Waals surface area contributed by atoms with Crippen LogP contribution in [0.3, 0.4) is 0 Å². The van der Waals surface area contributed by atoms with E-state index in [1.807, 2.05) is 6.08 Å². The second-order valence-electron chi connectivity index (χ2n) is 2.63. The summed E-state index contributed by atoms with van der Waals surface area (Å²) in [7, 11) is 0. The summed E-state index contributed by atoms with van der Waals surface area (Å²) >= 11 is 0. The SMILES string of the molecule is CCCC#CC1=CCCC1=O. The molecule has 1 heteroatoms. The molecule has 58 valence electrons. The van der Waals surface area contributed by atoms with Crippen molar-refractivity contribution >= 4 is 5.78 Å². The maximum atomic E-state index is 11.0. The average Bonchev–Trinajstić information content (AvgIpc) is 2.37. The first kappa shape index (κ1) is 8.07. The zero-order chi connectivity index (χ0) is 8.10. The Morgan fingerprint density at radius 1 is 1.64 bits per heavy atom. The minimum Gasteiger partial charge on any atom is -0.293 e. The van der Waals surface area contributed by atoms with Crippen LogP contribution in [0.2, 0.25) is 0 Å². The van der Waals surface area contributed by atoms with Gasteiger partial charge in [-0.2, -0.15) is 0 Å². The number of ketones is 1. The summed E-state index contributed by atoms with van der Waals surface area (Å²) in [6.07, 6.45) is 5.44. The minimum absolute atomic E-state index is 0.216. The lowest BCUT2D eigenvalue weighted by Crippen LogP contribution is -1.91. The minimum atomic E-state index is 0.216. The first-order chi connectivity index (χ1) is 5.34. The van der Waals surface area contributed by atoms with E-state index in [9.17, 15) is 4.79 Å². The number of hydrogen-bond donors (Lipinski definition) is 0. The molecule has 0 atom stereocenters. The third-order valence-electron chi connectivity index (χ3n) is 1.62. The van der Waals surface area contributed by atoms with Crippen LogP contribution in [0.5, 0.6) is 0 Å². The van der Waals surface area contributed by atoms with Gasteiger partial charge in [-0.1, -0.05) is 24.8 Å². The average molecular weight is 148 g/mol. The summed E-state index contributed by atoms with van der Waals surface area (Å²) in [6, 6.07) is 0. The van der Waals surface area contributed by atoms with E-state index in [4.69, 9.17) is 0 Å². The van der Waals surface area contributed by atoms with Crippen molar-refractivity contribution in [1.82, 2.24) is 0 Å². The monoisotopic (exact) mass is 148 g/mol. The van der Waals surface area contributed by atoms with Gasteiger partial charge in [-0.25, -0.2) is 0 Å². The van der Waals surface area contributed by atoms with Crippen molar-refractivity contribution in [3.63, 3.8) is 0 Å². The predicted octanol–water partition coefficient (Wildman–Crippen LogP) is 2.08. The number of Topliss-reactive ketones (excluding diaryl/α,β-unsaturated/α-hetero) is 1. The van der Waals surface area contributed by atoms with Crippen LogP contribution in [0.15, 0.2) is 11.6 Å². The molecule has 0 aliphatic heterocycles. The summed E-state index contributed by atoms with van der Waals surface area (Å²) in [5, 5.41) is 0. The van der Waals surface area contributed by atoms with Gasteiger partial charge in [0.05, 0.1) is 5.57 Å². The van der Waals surface area contributed by atoms with Crippen LogP contribution in [0.4, 0.5) is 0 Å². The van der Waals surface area contributed by atoms with Gasteiger partial charge in [0, 0.05) is 12.8 Å². The Bertz CT molecular complexity index is 237. The van der Waals surface area contributed by atoms with Crippen molar-refractivity contribution in [3.8, 4) is 11.8 Å². The zero-order valence-corrected chi connectivity index (χ0v) is 6.81. The molecule has 0 saturated carbocycles. The molecule has 0 heterocycles. The van der Waals surface area contributed by atoms with Crippen LogP contribution in [0.25, 0.3) is 0 Å². The van der Waals surface area contributed by atoms with Gasteiger partial charge in [-0.05, 0) is 12.8 Å². The lowest BCUT2D eigenvalue weighted by atomic mass is 10.2. The number of allylic oxidation sites excluding steroid dienone is 2. The number of rotatable bonds is 1. The van der Waals surface area contributed by atoms with Gasteiger partial charge >= 0.3 is 0 Å². The molecule has 0 unspecified atom stereocenters. The van der Waals surface area contributed by atoms with Crippen LogP contribution in [0.1, 0.15) is 32.6 Å². The van der Waals surface area contributed by atoms with Gasteiger partial charge in [0.15, 0.2) is 5.78 Å². The van der Waals surface area contributed by atoms with E-state index in [0.29, 0.717) is 6.42 Å². The van der Waals surface area contributed by atoms with Crippen LogP contribution in [-0.4, -0.2) is 5.78 Å². The maximum absolute atomic E-state index is 11.0. The Labute approximate surface area is 67.5 Å². The van der Waals surface area contributed by atoms with E-state index in [-0.39, 0.29) is 5.78 Å². The highest BCUT2D eigenvalue weighted by Crippen LogP contribution is 2.12. The van der Waals surface area contributed by atoms with E-state index in [1.54, 1.807) is 0 Å². The number of hydrogen-bond acceptors (Lipinski definition) is 1. The highest BCUT2D eigenvalue weighted by Gasteiger charge is 2.11. The van der Waals surface area contributed by atoms with Gasteiger partial charge in [0.25, 0.3) is 0 Å². The lowest BCUT2D eigenvalue weighted by molar-refractivity contribution is -0.114. The summed E-state index contributed by atoms with van der Waals surface area (Å²) in [6.45, 7) is 2.08. The zero-order valence-electron chi connectivity index (χ0n) is 6.81. The second-order valence-corrected chi connectivity index (χ2v) is 2.63. The van der Waals surface area contributed by atoms with Crippen molar-refractivity contribution in [3.05, 3.63) is 11.6 Å². The quantitative estimate of drug-likeness (QED) is 0.520. The van der Waals surface area contributed by atoms with Gasteiger partial charge in [-0.15, -0.1) is 0 Å². The Hall–Kier alpha value is -1.03. The molecule has 0 N–H and O–H groups in total. The first-order valence-electron chi connectivity index (χ1n) is 4.07. The van der Waals surface area contributed by atoms with Crippen molar-refractivity contribution in [1.29, 1.82) is 0 Å². The third-order valence-corrected chi connectivity index (χ3v) is 1.62.